The summed E-state index contributed by atoms with van der Waals surface area (Å²) in [6.45, 7) is 0. The van der Waals surface area contributed by atoms with Gasteiger partial charge < -0.3 is 9.26 Å². The van der Waals surface area contributed by atoms with Gasteiger partial charge in [0.2, 0.25) is 11.5 Å². The highest BCUT2D eigenvalue weighted by Gasteiger charge is 2.36. The Morgan fingerprint density at radius 2 is 2.00 bits per heavy atom. The fourth-order valence-corrected chi connectivity index (χ4v) is 4.14. The van der Waals surface area contributed by atoms with E-state index < -0.39 is 23.3 Å². The van der Waals surface area contributed by atoms with E-state index in [0.29, 0.717) is 28.3 Å². The summed E-state index contributed by atoms with van der Waals surface area (Å²) in [6, 6.07) is 12.2. The molecule has 0 N–H and O–H groups in total. The third-order valence-corrected chi connectivity index (χ3v) is 5.71. The predicted octanol–water partition coefficient (Wildman–Crippen LogP) is 4.30. The molecule has 0 spiro atoms. The molecular formula is C21H13FN2O4S. The van der Waals surface area contributed by atoms with Gasteiger partial charge >= 0.3 is 0 Å². The first kappa shape index (κ1) is 18.9. The highest BCUT2D eigenvalue weighted by atomic mass is 32.2. The van der Waals surface area contributed by atoms with Crippen molar-refractivity contribution < 1.29 is 23.2 Å². The van der Waals surface area contributed by atoms with Crippen LogP contribution in [0, 0.1) is 23.1 Å². The number of ether oxygens (including phenoxy) is 1. The highest BCUT2D eigenvalue weighted by molar-refractivity contribution is 7.98. The first-order valence-corrected chi connectivity index (χ1v) is 9.55. The largest absolute Gasteiger partial charge is 0.497 e. The average Bonchev–Trinajstić information content (AvgIpc) is 3.18. The van der Waals surface area contributed by atoms with E-state index in [1.54, 1.807) is 24.3 Å². The minimum absolute atomic E-state index is 0.143. The number of carbonyl (C=O) groups is 2. The van der Waals surface area contributed by atoms with Crippen LogP contribution in [0.25, 0.3) is 11.3 Å². The summed E-state index contributed by atoms with van der Waals surface area (Å²) in [5.74, 6) is -2.63. The third-order valence-electron chi connectivity index (χ3n) is 4.61. The Morgan fingerprint density at radius 1 is 1.24 bits per heavy atom. The van der Waals surface area contributed by atoms with Crippen LogP contribution >= 0.6 is 11.8 Å². The summed E-state index contributed by atoms with van der Waals surface area (Å²) in [7, 11) is 1.49. The molecule has 0 saturated heterocycles. The molecule has 0 aliphatic carbocycles. The average molecular weight is 408 g/mol. The van der Waals surface area contributed by atoms with Gasteiger partial charge in [-0.1, -0.05) is 5.16 Å². The van der Waals surface area contributed by atoms with Crippen molar-refractivity contribution in [2.24, 2.45) is 5.92 Å². The molecule has 0 amide bonds. The molecule has 1 atom stereocenters. The van der Waals surface area contributed by atoms with Crippen LogP contribution in [-0.2, 0) is 5.75 Å². The summed E-state index contributed by atoms with van der Waals surface area (Å²) in [6.07, 6.45) is 0. The number of halogens is 1. The number of nitrogens with zero attached hydrogens (tertiary/aromatic N) is 2. The molecule has 144 valence electrons. The van der Waals surface area contributed by atoms with Crippen molar-refractivity contribution in [3.05, 3.63) is 65.2 Å². The van der Waals surface area contributed by atoms with Crippen LogP contribution < -0.4 is 4.74 Å². The summed E-state index contributed by atoms with van der Waals surface area (Å²) < 4.78 is 23.9. The van der Waals surface area contributed by atoms with Gasteiger partial charge in [0.15, 0.2) is 11.7 Å². The number of fused-ring (bicyclic) bond motifs is 3. The van der Waals surface area contributed by atoms with Gasteiger partial charge in [0.05, 0.1) is 13.2 Å². The SMILES string of the molecule is COc1ccc(C(=O)C(C#N)C(=O)c2onc3c2CSc2ccc(F)cc2-3)cc1. The lowest BCUT2D eigenvalue weighted by Gasteiger charge is -2.14. The second-order valence-corrected chi connectivity index (χ2v) is 7.30. The molecule has 3 aromatic rings. The molecule has 29 heavy (non-hydrogen) atoms. The maximum atomic E-state index is 13.7. The Labute approximate surface area is 169 Å². The molecule has 0 bridgehead atoms. The number of thioether (sulfide) groups is 1. The van der Waals surface area contributed by atoms with E-state index in [1.165, 1.54) is 43.1 Å². The molecule has 1 aliphatic heterocycles. The normalized spacial score (nSPS) is 13.0. The van der Waals surface area contributed by atoms with Crippen molar-refractivity contribution in [1.29, 1.82) is 5.26 Å². The Bertz CT molecular complexity index is 1160. The minimum Gasteiger partial charge on any atom is -0.497 e. The number of benzene rings is 2. The maximum Gasteiger partial charge on any atom is 0.226 e. The monoisotopic (exact) mass is 408 g/mol. The summed E-state index contributed by atoms with van der Waals surface area (Å²) >= 11 is 1.40. The molecule has 1 aromatic heterocycles. The molecule has 0 saturated carbocycles. The minimum atomic E-state index is -1.57. The second kappa shape index (κ2) is 7.53. The highest BCUT2D eigenvalue weighted by Crippen LogP contribution is 2.43. The summed E-state index contributed by atoms with van der Waals surface area (Å²) in [5, 5.41) is 13.4. The lowest BCUT2D eigenvalue weighted by molar-refractivity contribution is 0.0823. The van der Waals surface area contributed by atoms with Crippen LogP contribution in [0.15, 0.2) is 51.9 Å². The van der Waals surface area contributed by atoms with E-state index in [9.17, 15) is 19.2 Å². The van der Waals surface area contributed by atoms with E-state index in [1.807, 2.05) is 0 Å². The zero-order chi connectivity index (χ0) is 20.5. The number of methoxy groups -OCH3 is 1. The Balaban J connectivity index is 1.67. The number of hydrogen-bond acceptors (Lipinski definition) is 7. The number of Topliss-reactive ketones (excluding diaryl/α,β-unsaturated/α-hetero) is 2. The van der Waals surface area contributed by atoms with Gasteiger partial charge in [0.25, 0.3) is 0 Å². The quantitative estimate of drug-likeness (QED) is 0.459. The zero-order valence-corrected chi connectivity index (χ0v) is 16.0. The molecule has 1 aliphatic rings. The lowest BCUT2D eigenvalue weighted by atomic mass is 9.92. The van der Waals surface area contributed by atoms with Crippen LogP contribution in [0.5, 0.6) is 5.75 Å². The van der Waals surface area contributed by atoms with Crippen molar-refractivity contribution in [3.8, 4) is 23.1 Å². The van der Waals surface area contributed by atoms with Gasteiger partial charge in [-0.15, -0.1) is 11.8 Å². The molecule has 0 fully saturated rings. The van der Waals surface area contributed by atoms with Crippen LogP contribution in [0.1, 0.15) is 26.5 Å². The van der Waals surface area contributed by atoms with E-state index >= 15 is 0 Å². The number of hydrogen-bond donors (Lipinski definition) is 0. The number of carbonyl (C=O) groups excluding carboxylic acids is 2. The van der Waals surface area contributed by atoms with Crippen LogP contribution in [-0.4, -0.2) is 23.8 Å². The molecule has 2 heterocycles. The predicted molar refractivity (Wildman–Crippen MR) is 102 cm³/mol. The van der Waals surface area contributed by atoms with E-state index in [2.05, 4.69) is 5.16 Å². The van der Waals surface area contributed by atoms with Gasteiger partial charge in [0, 0.05) is 27.3 Å². The first-order valence-electron chi connectivity index (χ1n) is 8.57. The van der Waals surface area contributed by atoms with Crippen LogP contribution in [0.3, 0.4) is 0 Å². The molecular weight excluding hydrogens is 395 g/mol. The third kappa shape index (κ3) is 3.30. The summed E-state index contributed by atoms with van der Waals surface area (Å²) in [5.41, 5.74) is 1.55. The van der Waals surface area contributed by atoms with Gasteiger partial charge in [-0.3, -0.25) is 9.59 Å². The molecule has 1 unspecified atom stereocenters. The summed E-state index contributed by atoms with van der Waals surface area (Å²) in [4.78, 5) is 26.5. The molecule has 4 rings (SSSR count). The Hall–Kier alpha value is -3.44. The molecule has 6 nitrogen and oxygen atoms in total. The zero-order valence-electron chi connectivity index (χ0n) is 15.1. The van der Waals surface area contributed by atoms with Gasteiger partial charge in [-0.25, -0.2) is 4.39 Å². The fraction of sp³-hybridized carbons (Fsp3) is 0.143. The number of ketones is 2. The van der Waals surface area contributed by atoms with Crippen molar-refractivity contribution in [2.75, 3.05) is 7.11 Å². The van der Waals surface area contributed by atoms with Gasteiger partial charge in [-0.05, 0) is 42.5 Å². The number of aromatic nitrogens is 1. The van der Waals surface area contributed by atoms with Crippen molar-refractivity contribution >= 4 is 23.3 Å². The standard InChI is InChI=1S/C21H13FN2O4S/c1-27-13-5-2-11(3-6-13)19(25)15(9-23)20(26)21-16-10-29-17-7-4-12(22)8-14(17)18(16)24-28-21/h2-8,15H,10H2,1H3. The number of rotatable bonds is 5. The van der Waals surface area contributed by atoms with E-state index in [0.717, 1.165) is 4.90 Å². The van der Waals surface area contributed by atoms with Crippen molar-refractivity contribution in [2.45, 2.75) is 10.6 Å². The maximum absolute atomic E-state index is 13.7. The van der Waals surface area contributed by atoms with Gasteiger partial charge in [-0.2, -0.15) is 5.26 Å². The molecule has 2 aromatic carbocycles. The molecule has 0 radical (unpaired) electrons. The first-order chi connectivity index (χ1) is 14.0. The van der Waals surface area contributed by atoms with E-state index in [-0.39, 0.29) is 11.3 Å². The lowest BCUT2D eigenvalue weighted by Crippen LogP contribution is -2.23. The Morgan fingerprint density at radius 3 is 2.69 bits per heavy atom. The van der Waals surface area contributed by atoms with Crippen molar-refractivity contribution in [3.63, 3.8) is 0 Å². The molecule has 8 heteroatoms. The fourth-order valence-electron chi connectivity index (χ4n) is 3.10. The smallest absolute Gasteiger partial charge is 0.226 e. The van der Waals surface area contributed by atoms with Gasteiger partial charge in [0.1, 0.15) is 17.3 Å². The second-order valence-electron chi connectivity index (χ2n) is 6.29. The topological polar surface area (TPSA) is 93.2 Å². The van der Waals surface area contributed by atoms with Crippen LogP contribution in [0.2, 0.25) is 0 Å². The van der Waals surface area contributed by atoms with E-state index in [4.69, 9.17) is 9.26 Å². The van der Waals surface area contributed by atoms with Crippen LogP contribution in [0.4, 0.5) is 4.39 Å². The van der Waals surface area contributed by atoms with Crippen molar-refractivity contribution in [1.82, 2.24) is 5.16 Å². The Kier molecular flexibility index (Phi) is 4.91. The number of nitriles is 1.